The van der Waals surface area contributed by atoms with Gasteiger partial charge in [-0.05, 0) is 6.07 Å². The summed E-state index contributed by atoms with van der Waals surface area (Å²) in [5, 5.41) is 12.7. The Morgan fingerprint density at radius 3 is 2.44 bits per heavy atom. The molecule has 0 aliphatic rings. The summed E-state index contributed by atoms with van der Waals surface area (Å²) < 4.78 is 1.18. The van der Waals surface area contributed by atoms with Crippen molar-refractivity contribution >= 4 is 29.2 Å². The van der Waals surface area contributed by atoms with E-state index in [1.54, 1.807) is 0 Å². The summed E-state index contributed by atoms with van der Waals surface area (Å²) >= 11 is 11.4. The smallest absolute Gasteiger partial charge is 0.356 e. The van der Waals surface area contributed by atoms with E-state index in [1.807, 2.05) is 0 Å². The zero-order valence-electron chi connectivity index (χ0n) is 7.63. The molecule has 0 spiro atoms. The van der Waals surface area contributed by atoms with Gasteiger partial charge >= 0.3 is 5.97 Å². The lowest BCUT2D eigenvalue weighted by Gasteiger charge is -1.99. The highest BCUT2D eigenvalue weighted by Crippen LogP contribution is 2.13. The largest absolute Gasteiger partial charge is 0.476 e. The van der Waals surface area contributed by atoms with Crippen LogP contribution in [0.15, 0.2) is 18.3 Å². The Hall–Kier alpha value is -1.66. The predicted octanol–water partition coefficient (Wildman–Crippen LogP) is 1.67. The van der Waals surface area contributed by atoms with Crippen LogP contribution in [0.2, 0.25) is 10.3 Å². The van der Waals surface area contributed by atoms with Gasteiger partial charge in [0.15, 0.2) is 5.69 Å². The summed E-state index contributed by atoms with van der Waals surface area (Å²) in [6, 6.07) is 2.69. The topological polar surface area (TPSA) is 80.9 Å². The third kappa shape index (κ3) is 2.12. The highest BCUT2D eigenvalue weighted by Gasteiger charge is 2.10. The van der Waals surface area contributed by atoms with E-state index < -0.39 is 5.97 Å². The van der Waals surface area contributed by atoms with Crippen molar-refractivity contribution in [3.63, 3.8) is 0 Å². The number of nitrogens with zero attached hydrogens (tertiary/aromatic N) is 4. The second-order valence-corrected chi connectivity index (χ2v) is 3.54. The summed E-state index contributed by atoms with van der Waals surface area (Å²) in [5.41, 5.74) is -0.111. The maximum absolute atomic E-state index is 10.6. The number of carbonyl (C=O) groups is 1. The molecular weight excluding hydrogens is 255 g/mol. The summed E-state index contributed by atoms with van der Waals surface area (Å²) in [4.78, 5) is 18.3. The molecule has 6 nitrogen and oxygen atoms in total. The van der Waals surface area contributed by atoms with Gasteiger partial charge in [0.05, 0.1) is 0 Å². The zero-order chi connectivity index (χ0) is 11.7. The molecule has 0 unspecified atom stereocenters. The van der Waals surface area contributed by atoms with Crippen LogP contribution in [-0.2, 0) is 0 Å². The summed E-state index contributed by atoms with van der Waals surface area (Å²) in [6.45, 7) is 0. The van der Waals surface area contributed by atoms with Crippen molar-refractivity contribution in [1.82, 2.24) is 19.7 Å². The monoisotopic (exact) mass is 258 g/mol. The van der Waals surface area contributed by atoms with E-state index in [0.717, 1.165) is 0 Å². The molecule has 2 aromatic rings. The van der Waals surface area contributed by atoms with E-state index in [9.17, 15) is 4.79 Å². The van der Waals surface area contributed by atoms with Crippen LogP contribution >= 0.6 is 23.2 Å². The average molecular weight is 259 g/mol. The summed E-state index contributed by atoms with van der Waals surface area (Å²) in [5.74, 6) is -1.02. The fraction of sp³-hybridized carbons (Fsp3) is 0. The van der Waals surface area contributed by atoms with E-state index in [-0.39, 0.29) is 21.9 Å². The van der Waals surface area contributed by atoms with Gasteiger partial charge in [-0.15, -0.1) is 0 Å². The number of aromatic carboxylic acids is 1. The van der Waals surface area contributed by atoms with Crippen LogP contribution in [0.4, 0.5) is 0 Å². The molecule has 0 atom stereocenters. The molecule has 8 heteroatoms. The van der Waals surface area contributed by atoms with Gasteiger partial charge in [0.2, 0.25) is 0 Å². The van der Waals surface area contributed by atoms with Crippen LogP contribution in [0.25, 0.3) is 5.95 Å². The Bertz CT molecular complexity index is 534. The third-order valence-electron chi connectivity index (χ3n) is 1.66. The number of carboxylic acid groups (broad SMARTS) is 1. The van der Waals surface area contributed by atoms with Crippen molar-refractivity contribution in [2.75, 3.05) is 0 Å². The predicted molar refractivity (Wildman–Crippen MR) is 56.1 cm³/mol. The quantitative estimate of drug-likeness (QED) is 0.829. The lowest BCUT2D eigenvalue weighted by atomic mass is 10.5. The Balaban J connectivity index is 2.46. The second kappa shape index (κ2) is 4.07. The van der Waals surface area contributed by atoms with Crippen LogP contribution in [0.5, 0.6) is 0 Å². The lowest BCUT2D eigenvalue weighted by molar-refractivity contribution is 0.0690. The molecule has 0 saturated heterocycles. The van der Waals surface area contributed by atoms with Crippen LogP contribution in [0, 0.1) is 0 Å². The molecule has 2 heterocycles. The first kappa shape index (κ1) is 10.8. The molecule has 0 radical (unpaired) electrons. The number of hydrogen-bond acceptors (Lipinski definition) is 4. The normalized spacial score (nSPS) is 10.4. The number of aromatic nitrogens is 4. The minimum atomic E-state index is -1.13. The minimum absolute atomic E-state index is 0.111. The van der Waals surface area contributed by atoms with Crippen molar-refractivity contribution in [3.05, 3.63) is 34.3 Å². The molecule has 0 aromatic carbocycles. The second-order valence-electron chi connectivity index (χ2n) is 2.76. The first-order valence-corrected chi connectivity index (χ1v) is 4.81. The van der Waals surface area contributed by atoms with Gasteiger partial charge < -0.3 is 5.11 Å². The number of hydrogen-bond donors (Lipinski definition) is 1. The van der Waals surface area contributed by atoms with Gasteiger partial charge in [0.1, 0.15) is 10.3 Å². The zero-order valence-corrected chi connectivity index (χ0v) is 9.14. The molecule has 0 amide bonds. The van der Waals surface area contributed by atoms with E-state index in [4.69, 9.17) is 28.3 Å². The Morgan fingerprint density at radius 2 is 1.94 bits per heavy atom. The average Bonchev–Trinajstić information content (AvgIpc) is 2.64. The highest BCUT2D eigenvalue weighted by molar-refractivity contribution is 6.33. The molecular formula is C8H4Cl2N4O2. The molecule has 2 aromatic heterocycles. The highest BCUT2D eigenvalue weighted by atomic mass is 35.5. The third-order valence-corrected chi connectivity index (χ3v) is 2.05. The molecule has 1 N–H and O–H groups in total. The van der Waals surface area contributed by atoms with Crippen molar-refractivity contribution < 1.29 is 9.90 Å². The van der Waals surface area contributed by atoms with Crippen LogP contribution in [0.3, 0.4) is 0 Å². The van der Waals surface area contributed by atoms with Crippen LogP contribution < -0.4 is 0 Å². The summed E-state index contributed by atoms with van der Waals surface area (Å²) in [6.07, 6.45) is 1.41. The molecule has 2 rings (SSSR count). The van der Waals surface area contributed by atoms with Crippen LogP contribution in [-0.4, -0.2) is 30.8 Å². The fourth-order valence-corrected chi connectivity index (χ4v) is 1.44. The van der Waals surface area contributed by atoms with Gasteiger partial charge in [0, 0.05) is 12.3 Å². The van der Waals surface area contributed by atoms with Crippen molar-refractivity contribution in [3.8, 4) is 5.95 Å². The Labute approximate surface area is 99.5 Å². The van der Waals surface area contributed by atoms with Crippen molar-refractivity contribution in [2.45, 2.75) is 0 Å². The molecule has 0 bridgehead atoms. The van der Waals surface area contributed by atoms with E-state index in [0.29, 0.717) is 0 Å². The molecule has 0 saturated carbocycles. The van der Waals surface area contributed by atoms with Crippen molar-refractivity contribution in [1.29, 1.82) is 0 Å². The molecule has 82 valence electrons. The lowest BCUT2D eigenvalue weighted by Crippen LogP contribution is -2.04. The van der Waals surface area contributed by atoms with Gasteiger partial charge in [-0.1, -0.05) is 23.2 Å². The van der Waals surface area contributed by atoms with Gasteiger partial charge in [0.25, 0.3) is 5.95 Å². The van der Waals surface area contributed by atoms with E-state index in [2.05, 4.69) is 15.1 Å². The summed E-state index contributed by atoms with van der Waals surface area (Å²) in [7, 11) is 0. The van der Waals surface area contributed by atoms with Gasteiger partial charge in [-0.25, -0.2) is 9.48 Å². The Kier molecular flexibility index (Phi) is 2.76. The molecule has 16 heavy (non-hydrogen) atoms. The number of rotatable bonds is 2. The first-order valence-electron chi connectivity index (χ1n) is 4.05. The number of halogens is 2. The SMILES string of the molecule is O=C(O)c1ccn(-c2nc(Cl)cc(Cl)n2)n1. The number of carboxylic acids is 1. The minimum Gasteiger partial charge on any atom is -0.476 e. The van der Waals surface area contributed by atoms with Gasteiger partial charge in [-0.3, -0.25) is 0 Å². The van der Waals surface area contributed by atoms with Crippen molar-refractivity contribution in [2.24, 2.45) is 0 Å². The Morgan fingerprint density at radius 1 is 1.31 bits per heavy atom. The van der Waals surface area contributed by atoms with Gasteiger partial charge in [-0.2, -0.15) is 15.1 Å². The van der Waals surface area contributed by atoms with E-state index in [1.165, 1.54) is 23.0 Å². The van der Waals surface area contributed by atoms with Crippen LogP contribution in [0.1, 0.15) is 10.5 Å². The van der Waals surface area contributed by atoms with E-state index >= 15 is 0 Å². The standard InChI is InChI=1S/C8H4Cl2N4O2/c9-5-3-6(10)12-8(11-5)14-2-1-4(13-14)7(15)16/h1-3H,(H,15,16). The molecule has 0 aliphatic carbocycles. The first-order chi connectivity index (χ1) is 7.56. The fourth-order valence-electron chi connectivity index (χ4n) is 1.03. The molecule has 0 fully saturated rings. The molecule has 0 aliphatic heterocycles. The maximum Gasteiger partial charge on any atom is 0.356 e. The maximum atomic E-state index is 10.6.